The molecule has 5 heteroatoms. The van der Waals surface area contributed by atoms with Crippen molar-refractivity contribution in [2.75, 3.05) is 13.2 Å². The van der Waals surface area contributed by atoms with Gasteiger partial charge in [-0.3, -0.25) is 9.36 Å². The van der Waals surface area contributed by atoms with E-state index in [4.69, 9.17) is 4.74 Å². The Labute approximate surface area is 84.7 Å². The molecule has 0 atom stereocenters. The molecule has 72 valence electrons. The molecule has 0 bridgehead atoms. The number of aromatic nitrogens is 2. The molecule has 0 saturated heterocycles. The Morgan fingerprint density at radius 1 is 1.69 bits per heavy atom. The molecule has 0 unspecified atom stereocenters. The third-order valence-electron chi connectivity index (χ3n) is 1.54. The van der Waals surface area contributed by atoms with Gasteiger partial charge in [0.25, 0.3) is 5.56 Å². The largest absolute Gasteiger partial charge is 0.380 e. The number of hydrogen-bond donors (Lipinski definition) is 0. The first-order valence-electron chi connectivity index (χ1n) is 4.03. The average Bonchev–Trinajstić information content (AvgIpc) is 2.13. The summed E-state index contributed by atoms with van der Waals surface area (Å²) in [7, 11) is 0. The number of rotatable bonds is 4. The van der Waals surface area contributed by atoms with Gasteiger partial charge in [-0.25, -0.2) is 4.98 Å². The van der Waals surface area contributed by atoms with Crippen LogP contribution in [0.15, 0.2) is 21.8 Å². The summed E-state index contributed by atoms with van der Waals surface area (Å²) in [5.41, 5.74) is -0.0743. The molecule has 1 aromatic heterocycles. The summed E-state index contributed by atoms with van der Waals surface area (Å²) in [4.78, 5) is 15.3. The normalized spacial score (nSPS) is 10.3. The lowest BCUT2D eigenvalue weighted by atomic mass is 10.6. The second-order valence-corrected chi connectivity index (χ2v) is 3.29. The second kappa shape index (κ2) is 5.14. The van der Waals surface area contributed by atoms with Gasteiger partial charge in [0.2, 0.25) is 0 Å². The molecule has 0 radical (unpaired) electrons. The molecular formula is C8H11BrN2O2. The lowest BCUT2D eigenvalue weighted by Gasteiger charge is -2.04. The fourth-order valence-electron chi connectivity index (χ4n) is 0.891. The van der Waals surface area contributed by atoms with Gasteiger partial charge in [0, 0.05) is 12.8 Å². The SMILES string of the molecule is CCOCCn1cncc(Br)c1=O. The maximum atomic E-state index is 11.4. The highest BCUT2D eigenvalue weighted by Gasteiger charge is 1.99. The van der Waals surface area contributed by atoms with Gasteiger partial charge >= 0.3 is 0 Å². The molecule has 0 aromatic carbocycles. The molecule has 1 heterocycles. The van der Waals surface area contributed by atoms with Crippen molar-refractivity contribution in [2.24, 2.45) is 0 Å². The van der Waals surface area contributed by atoms with Crippen LogP contribution in [0.5, 0.6) is 0 Å². The van der Waals surface area contributed by atoms with Crippen molar-refractivity contribution in [3.63, 3.8) is 0 Å². The summed E-state index contributed by atoms with van der Waals surface area (Å²) in [6.07, 6.45) is 2.99. The third-order valence-corrected chi connectivity index (χ3v) is 2.08. The lowest BCUT2D eigenvalue weighted by Crippen LogP contribution is -2.22. The van der Waals surface area contributed by atoms with Crippen molar-refractivity contribution < 1.29 is 4.74 Å². The molecule has 0 fully saturated rings. The van der Waals surface area contributed by atoms with E-state index >= 15 is 0 Å². The van der Waals surface area contributed by atoms with Crippen LogP contribution >= 0.6 is 15.9 Å². The highest BCUT2D eigenvalue weighted by atomic mass is 79.9. The van der Waals surface area contributed by atoms with Crippen molar-refractivity contribution >= 4 is 15.9 Å². The topological polar surface area (TPSA) is 44.1 Å². The maximum absolute atomic E-state index is 11.4. The minimum Gasteiger partial charge on any atom is -0.380 e. The van der Waals surface area contributed by atoms with Gasteiger partial charge in [-0.2, -0.15) is 0 Å². The maximum Gasteiger partial charge on any atom is 0.267 e. The standard InChI is InChI=1S/C8H11BrN2O2/c1-2-13-4-3-11-6-10-5-7(9)8(11)12/h5-6H,2-4H2,1H3. The predicted molar refractivity (Wildman–Crippen MR) is 52.7 cm³/mol. The van der Waals surface area contributed by atoms with Crippen LogP contribution in [0.4, 0.5) is 0 Å². The molecule has 1 aromatic rings. The van der Waals surface area contributed by atoms with Crippen LogP contribution < -0.4 is 5.56 Å². The Balaban J connectivity index is 2.67. The molecule has 0 saturated carbocycles. The Kier molecular flexibility index (Phi) is 4.11. The van der Waals surface area contributed by atoms with E-state index in [-0.39, 0.29) is 5.56 Å². The molecule has 4 nitrogen and oxygen atoms in total. The van der Waals surface area contributed by atoms with Gasteiger partial charge in [-0.15, -0.1) is 0 Å². The Hall–Kier alpha value is -0.680. The summed E-state index contributed by atoms with van der Waals surface area (Å²) < 4.78 is 7.12. The van der Waals surface area contributed by atoms with Crippen LogP contribution in [0.25, 0.3) is 0 Å². The zero-order valence-electron chi connectivity index (χ0n) is 7.36. The van der Waals surface area contributed by atoms with Crippen LogP contribution in [0, 0.1) is 0 Å². The predicted octanol–water partition coefficient (Wildman–Crippen LogP) is 1.04. The fraction of sp³-hybridized carbons (Fsp3) is 0.500. The monoisotopic (exact) mass is 246 g/mol. The van der Waals surface area contributed by atoms with Crippen LogP contribution in [-0.2, 0) is 11.3 Å². The Morgan fingerprint density at radius 3 is 3.15 bits per heavy atom. The van der Waals surface area contributed by atoms with Gasteiger partial charge < -0.3 is 4.74 Å². The summed E-state index contributed by atoms with van der Waals surface area (Å²) >= 11 is 3.12. The van der Waals surface area contributed by atoms with Gasteiger partial charge in [-0.1, -0.05) is 0 Å². The Bertz CT molecular complexity index is 324. The van der Waals surface area contributed by atoms with Crippen molar-refractivity contribution in [3.8, 4) is 0 Å². The van der Waals surface area contributed by atoms with Crippen LogP contribution in [-0.4, -0.2) is 22.8 Å². The number of nitrogens with zero attached hydrogens (tertiary/aromatic N) is 2. The van der Waals surface area contributed by atoms with E-state index in [0.29, 0.717) is 24.2 Å². The zero-order valence-corrected chi connectivity index (χ0v) is 8.95. The highest BCUT2D eigenvalue weighted by Crippen LogP contribution is 1.97. The van der Waals surface area contributed by atoms with E-state index in [1.807, 2.05) is 6.92 Å². The van der Waals surface area contributed by atoms with Crippen molar-refractivity contribution in [2.45, 2.75) is 13.5 Å². The van der Waals surface area contributed by atoms with E-state index in [2.05, 4.69) is 20.9 Å². The van der Waals surface area contributed by atoms with E-state index < -0.39 is 0 Å². The van der Waals surface area contributed by atoms with Crippen molar-refractivity contribution in [3.05, 3.63) is 27.4 Å². The Morgan fingerprint density at radius 2 is 2.46 bits per heavy atom. The summed E-state index contributed by atoms with van der Waals surface area (Å²) in [5.74, 6) is 0. The number of ether oxygens (including phenoxy) is 1. The molecule has 0 amide bonds. The minimum atomic E-state index is -0.0743. The van der Waals surface area contributed by atoms with Gasteiger partial charge in [0.05, 0.1) is 19.5 Å². The van der Waals surface area contributed by atoms with Gasteiger partial charge in [0.1, 0.15) is 4.47 Å². The fourth-order valence-corrected chi connectivity index (χ4v) is 1.24. The molecule has 0 aliphatic carbocycles. The second-order valence-electron chi connectivity index (χ2n) is 2.44. The highest BCUT2D eigenvalue weighted by molar-refractivity contribution is 9.10. The average molecular weight is 247 g/mol. The summed E-state index contributed by atoms with van der Waals surface area (Å²) in [5, 5.41) is 0. The van der Waals surface area contributed by atoms with Crippen LogP contribution in [0.3, 0.4) is 0 Å². The first-order valence-corrected chi connectivity index (χ1v) is 4.82. The van der Waals surface area contributed by atoms with Gasteiger partial charge in [-0.05, 0) is 22.9 Å². The van der Waals surface area contributed by atoms with E-state index in [0.717, 1.165) is 0 Å². The molecule has 0 N–H and O–H groups in total. The quantitative estimate of drug-likeness (QED) is 0.747. The van der Waals surface area contributed by atoms with E-state index in [1.165, 1.54) is 17.1 Å². The lowest BCUT2D eigenvalue weighted by molar-refractivity contribution is 0.138. The smallest absolute Gasteiger partial charge is 0.267 e. The summed E-state index contributed by atoms with van der Waals surface area (Å²) in [6.45, 7) is 3.66. The molecule has 1 rings (SSSR count). The zero-order chi connectivity index (χ0) is 9.68. The van der Waals surface area contributed by atoms with Crippen LogP contribution in [0.1, 0.15) is 6.92 Å². The van der Waals surface area contributed by atoms with E-state index in [9.17, 15) is 4.79 Å². The van der Waals surface area contributed by atoms with Crippen LogP contribution in [0.2, 0.25) is 0 Å². The van der Waals surface area contributed by atoms with E-state index in [1.54, 1.807) is 0 Å². The third kappa shape index (κ3) is 2.93. The van der Waals surface area contributed by atoms with Crippen molar-refractivity contribution in [1.82, 2.24) is 9.55 Å². The summed E-state index contributed by atoms with van der Waals surface area (Å²) in [6, 6.07) is 0. The van der Waals surface area contributed by atoms with Gasteiger partial charge in [0.15, 0.2) is 0 Å². The minimum absolute atomic E-state index is 0.0743. The first kappa shape index (κ1) is 10.4. The van der Waals surface area contributed by atoms with Crippen molar-refractivity contribution in [1.29, 1.82) is 0 Å². The number of halogens is 1. The molecule has 0 aliphatic heterocycles. The molecule has 0 spiro atoms. The first-order chi connectivity index (χ1) is 6.25. The number of hydrogen-bond acceptors (Lipinski definition) is 3. The molecule has 0 aliphatic rings. The molecule has 13 heavy (non-hydrogen) atoms. The molecular weight excluding hydrogens is 236 g/mol.